The summed E-state index contributed by atoms with van der Waals surface area (Å²) < 4.78 is 0. The van der Waals surface area contributed by atoms with E-state index in [0.717, 1.165) is 0 Å². The fourth-order valence-corrected chi connectivity index (χ4v) is 1.57. The van der Waals surface area contributed by atoms with Crippen LogP contribution in [0.15, 0.2) is 12.1 Å². The number of halogens is 3. The Kier molecular flexibility index (Phi) is 3.77. The molecule has 1 atom stereocenters. The van der Waals surface area contributed by atoms with Gasteiger partial charge in [0.1, 0.15) is 10.3 Å². The summed E-state index contributed by atoms with van der Waals surface area (Å²) in [6.07, 6.45) is -0.637. The lowest BCUT2D eigenvalue weighted by Crippen LogP contribution is -2.00. The number of alkyl halides is 1. The Hall–Kier alpha value is 0.170. The zero-order chi connectivity index (χ0) is 9.14. The molecule has 0 amide bonds. The maximum atomic E-state index is 9.39. The topological polar surface area (TPSA) is 33.1 Å². The van der Waals surface area contributed by atoms with Crippen LogP contribution in [-0.4, -0.2) is 15.4 Å². The van der Waals surface area contributed by atoms with Crippen molar-refractivity contribution in [3.05, 3.63) is 28.0 Å². The first-order chi connectivity index (χ1) is 5.65. The van der Waals surface area contributed by atoms with Crippen molar-refractivity contribution in [2.24, 2.45) is 0 Å². The maximum absolute atomic E-state index is 9.39. The minimum absolute atomic E-state index is 0.245. The molecule has 12 heavy (non-hydrogen) atoms. The molecule has 1 aromatic heterocycles. The van der Waals surface area contributed by atoms with Crippen molar-refractivity contribution in [2.45, 2.75) is 6.10 Å². The number of pyridine rings is 1. The Morgan fingerprint density at radius 1 is 1.50 bits per heavy atom. The number of aliphatic hydroxyl groups excluding tert-OH is 1. The molecule has 1 N–H and O–H groups in total. The highest BCUT2D eigenvalue weighted by Gasteiger charge is 2.10. The average Bonchev–Trinajstić information content (AvgIpc) is 2.03. The van der Waals surface area contributed by atoms with E-state index in [1.165, 1.54) is 0 Å². The van der Waals surface area contributed by atoms with E-state index in [0.29, 0.717) is 16.0 Å². The number of aliphatic hydroxyl groups is 1. The lowest BCUT2D eigenvalue weighted by molar-refractivity contribution is 0.205. The third-order valence-electron chi connectivity index (χ3n) is 1.35. The number of hydrogen-bond acceptors (Lipinski definition) is 2. The van der Waals surface area contributed by atoms with Crippen LogP contribution in [0.2, 0.25) is 10.3 Å². The Morgan fingerprint density at radius 3 is 2.67 bits per heavy atom. The van der Waals surface area contributed by atoms with Crippen molar-refractivity contribution in [3.8, 4) is 0 Å². The normalized spacial score (nSPS) is 13.0. The Morgan fingerprint density at radius 2 is 2.17 bits per heavy atom. The van der Waals surface area contributed by atoms with E-state index in [-0.39, 0.29) is 5.15 Å². The van der Waals surface area contributed by atoms with Crippen LogP contribution in [0.4, 0.5) is 0 Å². The zero-order valence-electron chi connectivity index (χ0n) is 5.97. The second kappa shape index (κ2) is 4.42. The smallest absolute Gasteiger partial charge is 0.136 e. The summed E-state index contributed by atoms with van der Waals surface area (Å²) in [5.41, 5.74) is 0.581. The van der Waals surface area contributed by atoms with Crippen LogP contribution in [0.1, 0.15) is 11.7 Å². The number of nitrogens with zero attached hydrogens (tertiary/aromatic N) is 1. The third-order valence-corrected chi connectivity index (χ3v) is 2.48. The van der Waals surface area contributed by atoms with Crippen LogP contribution in [0.3, 0.4) is 0 Å². The molecule has 1 unspecified atom stereocenters. The van der Waals surface area contributed by atoms with Crippen molar-refractivity contribution in [2.75, 3.05) is 5.33 Å². The van der Waals surface area contributed by atoms with Gasteiger partial charge in [0.25, 0.3) is 0 Å². The SMILES string of the molecule is OC(CBr)c1ccc(Cl)nc1Cl. The first-order valence-electron chi connectivity index (χ1n) is 3.21. The standard InChI is InChI=1S/C7H6BrCl2NO/c8-3-5(12)4-1-2-6(9)11-7(4)10/h1-2,5,12H,3H2. The van der Waals surface area contributed by atoms with Crippen molar-refractivity contribution in [1.82, 2.24) is 4.98 Å². The van der Waals surface area contributed by atoms with Gasteiger partial charge in [-0.2, -0.15) is 0 Å². The maximum Gasteiger partial charge on any atom is 0.136 e. The van der Waals surface area contributed by atoms with Gasteiger partial charge in [0.15, 0.2) is 0 Å². The van der Waals surface area contributed by atoms with E-state index in [1.54, 1.807) is 12.1 Å². The van der Waals surface area contributed by atoms with Gasteiger partial charge in [-0.25, -0.2) is 4.98 Å². The quantitative estimate of drug-likeness (QED) is 0.662. The van der Waals surface area contributed by atoms with Gasteiger partial charge in [-0.1, -0.05) is 45.2 Å². The summed E-state index contributed by atoms with van der Waals surface area (Å²) in [6, 6.07) is 3.25. The van der Waals surface area contributed by atoms with E-state index in [2.05, 4.69) is 20.9 Å². The van der Waals surface area contributed by atoms with E-state index in [9.17, 15) is 5.11 Å². The summed E-state index contributed by atoms with van der Waals surface area (Å²) in [6.45, 7) is 0. The molecule has 66 valence electrons. The predicted molar refractivity (Wildman–Crippen MR) is 53.0 cm³/mol. The van der Waals surface area contributed by atoms with Crippen LogP contribution >= 0.6 is 39.1 Å². The number of rotatable bonds is 2. The monoisotopic (exact) mass is 269 g/mol. The van der Waals surface area contributed by atoms with Crippen LogP contribution in [0.25, 0.3) is 0 Å². The molecule has 1 heterocycles. The van der Waals surface area contributed by atoms with Gasteiger partial charge < -0.3 is 5.11 Å². The molecule has 1 aromatic rings. The zero-order valence-corrected chi connectivity index (χ0v) is 9.07. The molecule has 0 aliphatic carbocycles. The van der Waals surface area contributed by atoms with Crippen LogP contribution in [0.5, 0.6) is 0 Å². The first-order valence-corrected chi connectivity index (χ1v) is 5.09. The highest BCUT2D eigenvalue weighted by molar-refractivity contribution is 9.09. The third kappa shape index (κ3) is 2.33. The molecule has 0 fully saturated rings. The molecule has 0 aliphatic heterocycles. The molecule has 5 heteroatoms. The predicted octanol–water partition coefficient (Wildman–Crippen LogP) is 2.82. The summed E-state index contributed by atoms with van der Waals surface area (Å²) in [7, 11) is 0. The highest BCUT2D eigenvalue weighted by atomic mass is 79.9. The minimum Gasteiger partial charge on any atom is -0.387 e. The lowest BCUT2D eigenvalue weighted by atomic mass is 10.2. The van der Waals surface area contributed by atoms with Crippen LogP contribution in [-0.2, 0) is 0 Å². The highest BCUT2D eigenvalue weighted by Crippen LogP contribution is 2.23. The summed E-state index contributed by atoms with van der Waals surface area (Å²) >= 11 is 14.4. The van der Waals surface area contributed by atoms with Crippen molar-refractivity contribution >= 4 is 39.1 Å². The molecular weight excluding hydrogens is 265 g/mol. The molecular formula is C7H6BrCl2NO. The molecule has 0 aliphatic rings. The summed E-state index contributed by atoms with van der Waals surface area (Å²) in [5, 5.41) is 10.4. The average molecular weight is 271 g/mol. The molecule has 0 bridgehead atoms. The van der Waals surface area contributed by atoms with Gasteiger partial charge in [-0.15, -0.1) is 0 Å². The van der Waals surface area contributed by atoms with E-state index in [4.69, 9.17) is 23.2 Å². The molecule has 0 radical (unpaired) electrons. The van der Waals surface area contributed by atoms with Crippen LogP contribution < -0.4 is 0 Å². The lowest BCUT2D eigenvalue weighted by Gasteiger charge is -2.07. The van der Waals surface area contributed by atoms with Crippen LogP contribution in [0, 0.1) is 0 Å². The molecule has 0 saturated heterocycles. The van der Waals surface area contributed by atoms with Gasteiger partial charge in [-0.05, 0) is 6.07 Å². The molecule has 1 rings (SSSR count). The van der Waals surface area contributed by atoms with Crippen molar-refractivity contribution < 1.29 is 5.11 Å². The largest absolute Gasteiger partial charge is 0.387 e. The second-order valence-electron chi connectivity index (χ2n) is 2.18. The number of hydrogen-bond donors (Lipinski definition) is 1. The van der Waals surface area contributed by atoms with Crippen molar-refractivity contribution in [1.29, 1.82) is 0 Å². The van der Waals surface area contributed by atoms with Gasteiger partial charge in [0.2, 0.25) is 0 Å². The van der Waals surface area contributed by atoms with E-state index in [1.807, 2.05) is 0 Å². The summed E-state index contributed by atoms with van der Waals surface area (Å²) in [5.74, 6) is 0. The molecule has 0 aromatic carbocycles. The Labute approximate surface area is 88.6 Å². The second-order valence-corrected chi connectivity index (χ2v) is 3.58. The Bertz CT molecular complexity index is 282. The Balaban J connectivity index is 3.01. The number of aromatic nitrogens is 1. The summed E-state index contributed by atoms with van der Waals surface area (Å²) in [4.78, 5) is 3.79. The molecule has 0 spiro atoms. The van der Waals surface area contributed by atoms with Gasteiger partial charge in [0, 0.05) is 10.9 Å². The minimum atomic E-state index is -0.637. The van der Waals surface area contributed by atoms with E-state index < -0.39 is 6.10 Å². The van der Waals surface area contributed by atoms with Gasteiger partial charge in [-0.3, -0.25) is 0 Å². The fraction of sp³-hybridized carbons (Fsp3) is 0.286. The first kappa shape index (κ1) is 10.3. The molecule has 2 nitrogen and oxygen atoms in total. The van der Waals surface area contributed by atoms with Gasteiger partial charge >= 0.3 is 0 Å². The van der Waals surface area contributed by atoms with E-state index >= 15 is 0 Å². The van der Waals surface area contributed by atoms with Gasteiger partial charge in [0.05, 0.1) is 6.10 Å². The fourth-order valence-electron chi connectivity index (χ4n) is 0.755. The van der Waals surface area contributed by atoms with Crippen molar-refractivity contribution in [3.63, 3.8) is 0 Å². The molecule has 0 saturated carbocycles.